The van der Waals surface area contributed by atoms with Crippen LogP contribution in [-0.2, 0) is 9.59 Å². The highest BCUT2D eigenvalue weighted by Crippen LogP contribution is 2.16. The lowest BCUT2D eigenvalue weighted by Gasteiger charge is -2.22. The van der Waals surface area contributed by atoms with Crippen LogP contribution < -0.4 is 10.1 Å². The lowest BCUT2D eigenvalue weighted by Crippen LogP contribution is -2.39. The Bertz CT molecular complexity index is 780. The second-order valence-corrected chi connectivity index (χ2v) is 6.21. The zero-order valence-corrected chi connectivity index (χ0v) is 15.7. The van der Waals surface area contributed by atoms with Gasteiger partial charge in [0.25, 0.3) is 0 Å². The van der Waals surface area contributed by atoms with Crippen LogP contribution in [0.5, 0.6) is 5.75 Å². The van der Waals surface area contributed by atoms with Crippen molar-refractivity contribution in [2.24, 2.45) is 0 Å². The molecule has 2 rings (SSSR count). The maximum atomic E-state index is 13.5. The molecule has 2 aromatic carbocycles. The fraction of sp³-hybridized carbons (Fsp3) is 0.333. The van der Waals surface area contributed by atoms with E-state index in [-0.39, 0.29) is 37.1 Å². The molecule has 6 heteroatoms. The molecule has 144 valence electrons. The van der Waals surface area contributed by atoms with Crippen LogP contribution in [-0.4, -0.2) is 36.4 Å². The van der Waals surface area contributed by atoms with Gasteiger partial charge >= 0.3 is 0 Å². The molecule has 0 saturated carbocycles. The molecule has 0 heterocycles. The van der Waals surface area contributed by atoms with E-state index >= 15 is 0 Å². The number of ether oxygens (including phenoxy) is 1. The monoisotopic (exact) mass is 372 g/mol. The molecule has 2 aromatic rings. The molecule has 27 heavy (non-hydrogen) atoms. The van der Waals surface area contributed by atoms with Gasteiger partial charge in [-0.05, 0) is 37.1 Å². The number of carbonyl (C=O) groups excluding carboxylic acids is 2. The average Bonchev–Trinajstić information content (AvgIpc) is 2.65. The van der Waals surface area contributed by atoms with Crippen LogP contribution in [0.4, 0.5) is 10.1 Å². The highest BCUT2D eigenvalue weighted by Gasteiger charge is 2.17. The summed E-state index contributed by atoms with van der Waals surface area (Å²) in [5.74, 6) is -0.799. The van der Waals surface area contributed by atoms with Crippen LogP contribution in [0.1, 0.15) is 25.3 Å². The van der Waals surface area contributed by atoms with Gasteiger partial charge in [0.15, 0.2) is 11.6 Å². The quantitative estimate of drug-likeness (QED) is 0.729. The summed E-state index contributed by atoms with van der Waals surface area (Å²) in [5, 5.41) is 2.83. The number of hydrogen-bond donors (Lipinski definition) is 1. The number of para-hydroxylation sites is 2. The number of hydrogen-bond acceptors (Lipinski definition) is 3. The molecular formula is C21H25FN2O3. The van der Waals surface area contributed by atoms with Crippen LogP contribution in [0, 0.1) is 12.7 Å². The van der Waals surface area contributed by atoms with Crippen molar-refractivity contribution in [2.45, 2.75) is 26.7 Å². The van der Waals surface area contributed by atoms with Crippen molar-refractivity contribution in [3.05, 3.63) is 59.9 Å². The normalized spacial score (nSPS) is 10.3. The molecule has 0 fully saturated rings. The van der Waals surface area contributed by atoms with Gasteiger partial charge in [-0.15, -0.1) is 0 Å². The van der Waals surface area contributed by atoms with Crippen molar-refractivity contribution in [2.75, 3.05) is 25.0 Å². The van der Waals surface area contributed by atoms with Gasteiger partial charge in [0, 0.05) is 12.2 Å². The zero-order valence-electron chi connectivity index (χ0n) is 15.7. The predicted octanol–water partition coefficient (Wildman–Crippen LogP) is 3.78. The summed E-state index contributed by atoms with van der Waals surface area (Å²) >= 11 is 0. The third kappa shape index (κ3) is 6.40. The molecule has 0 radical (unpaired) electrons. The number of aryl methyl sites for hydroxylation is 1. The number of rotatable bonds is 9. The maximum absolute atomic E-state index is 13.5. The number of halogens is 1. The Morgan fingerprint density at radius 3 is 2.52 bits per heavy atom. The second kappa shape index (κ2) is 10.3. The average molecular weight is 372 g/mol. The van der Waals surface area contributed by atoms with Crippen molar-refractivity contribution in [1.82, 2.24) is 4.90 Å². The van der Waals surface area contributed by atoms with Crippen molar-refractivity contribution in [3.8, 4) is 5.75 Å². The Labute approximate surface area is 159 Å². The fourth-order valence-electron chi connectivity index (χ4n) is 2.61. The molecule has 0 aliphatic heterocycles. The minimum Gasteiger partial charge on any atom is -0.490 e. The number of nitrogens with zero attached hydrogens (tertiary/aromatic N) is 1. The third-order valence-electron chi connectivity index (χ3n) is 4.01. The Hall–Kier alpha value is -2.89. The van der Waals surface area contributed by atoms with E-state index < -0.39 is 5.82 Å². The van der Waals surface area contributed by atoms with Crippen molar-refractivity contribution >= 4 is 17.5 Å². The molecule has 0 unspecified atom stereocenters. The third-order valence-corrected chi connectivity index (χ3v) is 4.01. The molecule has 5 nitrogen and oxygen atoms in total. The Morgan fingerprint density at radius 1 is 1.11 bits per heavy atom. The van der Waals surface area contributed by atoms with E-state index in [9.17, 15) is 14.0 Å². The molecule has 1 N–H and O–H groups in total. The lowest BCUT2D eigenvalue weighted by molar-refractivity contribution is -0.135. The number of nitrogens with one attached hydrogen (secondary N) is 1. The van der Waals surface area contributed by atoms with E-state index in [1.165, 1.54) is 17.0 Å². The van der Waals surface area contributed by atoms with E-state index in [1.54, 1.807) is 12.1 Å². The molecular weight excluding hydrogens is 347 g/mol. The Kier molecular flexibility index (Phi) is 7.79. The van der Waals surface area contributed by atoms with E-state index in [2.05, 4.69) is 5.32 Å². The highest BCUT2D eigenvalue weighted by molar-refractivity contribution is 5.95. The van der Waals surface area contributed by atoms with Crippen molar-refractivity contribution in [3.63, 3.8) is 0 Å². The standard InChI is InChI=1S/C21H25FN2O3/c1-3-13-24(15-20(25)23-18-10-6-4-8-16(18)2)21(26)12-14-27-19-11-7-5-9-17(19)22/h4-11H,3,12-15H2,1-2H3,(H,23,25). The number of amides is 2. The molecule has 0 spiro atoms. The van der Waals surface area contributed by atoms with E-state index in [4.69, 9.17) is 4.74 Å². The molecule has 0 aliphatic carbocycles. The zero-order chi connectivity index (χ0) is 19.6. The van der Waals surface area contributed by atoms with Gasteiger partial charge in [-0.1, -0.05) is 37.3 Å². The van der Waals surface area contributed by atoms with E-state index in [0.717, 1.165) is 17.7 Å². The van der Waals surface area contributed by atoms with Gasteiger partial charge in [0.05, 0.1) is 19.6 Å². The number of carbonyl (C=O) groups is 2. The topological polar surface area (TPSA) is 58.6 Å². The summed E-state index contributed by atoms with van der Waals surface area (Å²) in [6.07, 6.45) is 0.809. The van der Waals surface area contributed by atoms with E-state index in [1.807, 2.05) is 38.1 Å². The van der Waals surface area contributed by atoms with Gasteiger partial charge in [0.2, 0.25) is 11.8 Å². The predicted molar refractivity (Wildman–Crippen MR) is 103 cm³/mol. The summed E-state index contributed by atoms with van der Waals surface area (Å²) in [6, 6.07) is 13.5. The summed E-state index contributed by atoms with van der Waals surface area (Å²) in [6.45, 7) is 4.35. The first-order valence-corrected chi connectivity index (χ1v) is 9.02. The van der Waals surface area contributed by atoms with Gasteiger partial charge in [-0.25, -0.2) is 4.39 Å². The first-order chi connectivity index (χ1) is 13.0. The summed E-state index contributed by atoms with van der Waals surface area (Å²) < 4.78 is 18.9. The van der Waals surface area contributed by atoms with Crippen molar-refractivity contribution in [1.29, 1.82) is 0 Å². The second-order valence-electron chi connectivity index (χ2n) is 6.21. The van der Waals surface area contributed by atoms with Crippen LogP contribution in [0.3, 0.4) is 0 Å². The minimum absolute atomic E-state index is 0.0271. The van der Waals surface area contributed by atoms with Gasteiger partial charge in [0.1, 0.15) is 0 Å². The summed E-state index contributed by atoms with van der Waals surface area (Å²) in [4.78, 5) is 26.2. The smallest absolute Gasteiger partial charge is 0.244 e. The molecule has 0 aromatic heterocycles. The largest absolute Gasteiger partial charge is 0.490 e. The molecule has 0 atom stereocenters. The Balaban J connectivity index is 1.87. The highest BCUT2D eigenvalue weighted by atomic mass is 19.1. The molecule has 2 amide bonds. The maximum Gasteiger partial charge on any atom is 0.244 e. The number of anilines is 1. The SMILES string of the molecule is CCCN(CC(=O)Nc1ccccc1C)C(=O)CCOc1ccccc1F. The Morgan fingerprint density at radius 2 is 1.81 bits per heavy atom. The molecule has 0 saturated heterocycles. The van der Waals surface area contributed by atoms with Crippen LogP contribution in [0.15, 0.2) is 48.5 Å². The van der Waals surface area contributed by atoms with Crippen LogP contribution in [0.2, 0.25) is 0 Å². The van der Waals surface area contributed by atoms with Crippen LogP contribution >= 0.6 is 0 Å². The lowest BCUT2D eigenvalue weighted by atomic mass is 10.2. The fourth-order valence-corrected chi connectivity index (χ4v) is 2.61. The van der Waals surface area contributed by atoms with E-state index in [0.29, 0.717) is 6.54 Å². The van der Waals surface area contributed by atoms with Gasteiger partial charge in [-0.3, -0.25) is 9.59 Å². The van der Waals surface area contributed by atoms with Gasteiger partial charge in [-0.2, -0.15) is 0 Å². The first kappa shape index (κ1) is 20.4. The molecule has 0 aliphatic rings. The first-order valence-electron chi connectivity index (χ1n) is 9.02. The summed E-state index contributed by atoms with van der Waals surface area (Å²) in [5.41, 5.74) is 1.69. The summed E-state index contributed by atoms with van der Waals surface area (Å²) in [7, 11) is 0. The number of benzene rings is 2. The van der Waals surface area contributed by atoms with Crippen molar-refractivity contribution < 1.29 is 18.7 Å². The molecule has 0 bridgehead atoms. The minimum atomic E-state index is -0.465. The van der Waals surface area contributed by atoms with Crippen LogP contribution in [0.25, 0.3) is 0 Å². The van der Waals surface area contributed by atoms with Gasteiger partial charge < -0.3 is 15.0 Å².